The first-order chi connectivity index (χ1) is 5.54. The zero-order valence-electron chi connectivity index (χ0n) is 7.51. The first-order valence-corrected chi connectivity index (χ1v) is 3.53. The van der Waals surface area contributed by atoms with Gasteiger partial charge in [-0.05, 0) is 6.92 Å². The molecule has 0 spiro atoms. The third-order valence-electron chi connectivity index (χ3n) is 1.61. The fourth-order valence-corrected chi connectivity index (χ4v) is 0.683. The topological polar surface area (TPSA) is 55.4 Å². The highest BCUT2D eigenvalue weighted by Crippen LogP contribution is 2.09. The van der Waals surface area contributed by atoms with Gasteiger partial charge in [-0.3, -0.25) is 4.79 Å². The molecule has 0 heterocycles. The number of amides is 1. The van der Waals surface area contributed by atoms with Crippen LogP contribution in [0.4, 0.5) is 0 Å². The normalized spacial score (nSPS) is 11.6. The van der Waals surface area contributed by atoms with Crippen LogP contribution >= 0.6 is 0 Å². The minimum absolute atomic E-state index is 0.164. The Hall–Kier alpha value is -1.32. The largest absolute Gasteiger partial charge is 0.466 e. The molecule has 1 N–H and O–H groups in total. The second kappa shape index (κ2) is 4.54. The van der Waals surface area contributed by atoms with Crippen molar-refractivity contribution < 1.29 is 14.3 Å². The summed E-state index contributed by atoms with van der Waals surface area (Å²) in [5, 5.41) is 2.42. The van der Waals surface area contributed by atoms with Gasteiger partial charge in [0.2, 0.25) is 5.91 Å². The number of esters is 1. The molecule has 1 unspecified atom stereocenters. The van der Waals surface area contributed by atoms with Crippen molar-refractivity contribution in [2.24, 2.45) is 5.92 Å². The number of rotatable bonds is 3. The Labute approximate surface area is 71.6 Å². The van der Waals surface area contributed by atoms with Gasteiger partial charge < -0.3 is 10.1 Å². The smallest absolute Gasteiger partial charge is 0.333 e. The Bertz CT molecular complexity index is 210. The van der Waals surface area contributed by atoms with E-state index in [-0.39, 0.29) is 11.5 Å². The predicted molar refractivity (Wildman–Crippen MR) is 44.4 cm³/mol. The number of carbonyl (C=O) groups excluding carboxylic acids is 2. The number of hydrogen-bond acceptors (Lipinski definition) is 3. The Morgan fingerprint density at radius 2 is 2.00 bits per heavy atom. The molecule has 0 aromatic heterocycles. The van der Waals surface area contributed by atoms with Gasteiger partial charge in [0.1, 0.15) is 0 Å². The standard InChI is InChI=1S/C8H13NO3/c1-5(7(10)9-3)6(2)8(11)12-4/h5H,2H2,1,3-4H3,(H,9,10). The molecule has 0 saturated carbocycles. The van der Waals surface area contributed by atoms with Crippen LogP contribution in [0.15, 0.2) is 12.2 Å². The zero-order chi connectivity index (χ0) is 9.72. The van der Waals surface area contributed by atoms with E-state index in [0.29, 0.717) is 0 Å². The van der Waals surface area contributed by atoms with Crippen LogP contribution in [0, 0.1) is 5.92 Å². The van der Waals surface area contributed by atoms with E-state index >= 15 is 0 Å². The first-order valence-electron chi connectivity index (χ1n) is 3.53. The van der Waals surface area contributed by atoms with Crippen molar-refractivity contribution in [2.75, 3.05) is 14.2 Å². The average molecular weight is 171 g/mol. The van der Waals surface area contributed by atoms with Gasteiger partial charge in [-0.1, -0.05) is 6.58 Å². The number of hydrogen-bond donors (Lipinski definition) is 1. The molecule has 1 atom stereocenters. The lowest BCUT2D eigenvalue weighted by atomic mass is 10.0. The maximum absolute atomic E-state index is 11.0. The van der Waals surface area contributed by atoms with Crippen LogP contribution in [0.5, 0.6) is 0 Å². The predicted octanol–water partition coefficient (Wildman–Crippen LogP) is 0.0977. The first kappa shape index (κ1) is 10.7. The molecule has 0 aliphatic rings. The van der Waals surface area contributed by atoms with E-state index in [1.54, 1.807) is 6.92 Å². The highest BCUT2D eigenvalue weighted by atomic mass is 16.5. The summed E-state index contributed by atoms with van der Waals surface area (Å²) in [5.41, 5.74) is 0.164. The van der Waals surface area contributed by atoms with Crippen LogP contribution in [0.1, 0.15) is 6.92 Å². The molecule has 0 aliphatic heterocycles. The molecule has 4 heteroatoms. The van der Waals surface area contributed by atoms with Crippen molar-refractivity contribution in [3.05, 3.63) is 12.2 Å². The molecule has 0 aromatic carbocycles. The van der Waals surface area contributed by atoms with E-state index in [1.807, 2.05) is 0 Å². The highest BCUT2D eigenvalue weighted by Gasteiger charge is 2.20. The Kier molecular flexibility index (Phi) is 4.04. The number of nitrogens with one attached hydrogen (secondary N) is 1. The van der Waals surface area contributed by atoms with Crippen molar-refractivity contribution >= 4 is 11.9 Å². The van der Waals surface area contributed by atoms with E-state index in [9.17, 15) is 9.59 Å². The highest BCUT2D eigenvalue weighted by molar-refractivity contribution is 5.96. The van der Waals surface area contributed by atoms with Crippen LogP contribution in [0.3, 0.4) is 0 Å². The van der Waals surface area contributed by atoms with Crippen LogP contribution in [0.2, 0.25) is 0 Å². The van der Waals surface area contributed by atoms with E-state index in [1.165, 1.54) is 14.2 Å². The molecule has 12 heavy (non-hydrogen) atoms. The Morgan fingerprint density at radius 1 is 1.50 bits per heavy atom. The number of methoxy groups -OCH3 is 1. The summed E-state index contributed by atoms with van der Waals surface area (Å²) >= 11 is 0. The summed E-state index contributed by atoms with van der Waals surface area (Å²) in [6, 6.07) is 0. The summed E-state index contributed by atoms with van der Waals surface area (Å²) in [4.78, 5) is 21.9. The molecular formula is C8H13NO3. The molecule has 0 rings (SSSR count). The van der Waals surface area contributed by atoms with Crippen molar-refractivity contribution in [3.63, 3.8) is 0 Å². The Morgan fingerprint density at radius 3 is 2.33 bits per heavy atom. The zero-order valence-corrected chi connectivity index (χ0v) is 7.51. The van der Waals surface area contributed by atoms with Crippen LogP contribution < -0.4 is 5.32 Å². The number of carbonyl (C=O) groups is 2. The lowest BCUT2D eigenvalue weighted by Gasteiger charge is -2.10. The molecule has 0 bridgehead atoms. The molecule has 1 amide bonds. The maximum Gasteiger partial charge on any atom is 0.333 e. The third-order valence-corrected chi connectivity index (χ3v) is 1.61. The van der Waals surface area contributed by atoms with E-state index in [4.69, 9.17) is 0 Å². The van der Waals surface area contributed by atoms with Crippen molar-refractivity contribution in [1.29, 1.82) is 0 Å². The van der Waals surface area contributed by atoms with Gasteiger partial charge in [-0.25, -0.2) is 4.79 Å². The second-order valence-electron chi connectivity index (χ2n) is 2.35. The molecule has 0 radical (unpaired) electrons. The lowest BCUT2D eigenvalue weighted by molar-refractivity contribution is -0.138. The van der Waals surface area contributed by atoms with Gasteiger partial charge in [0.05, 0.1) is 13.0 Å². The molecule has 0 aliphatic carbocycles. The molecule has 0 saturated heterocycles. The van der Waals surface area contributed by atoms with Crippen LogP contribution in [0.25, 0.3) is 0 Å². The SMILES string of the molecule is C=C(C(=O)OC)C(C)C(=O)NC. The summed E-state index contributed by atoms with van der Waals surface area (Å²) in [6.07, 6.45) is 0. The minimum atomic E-state index is -0.550. The van der Waals surface area contributed by atoms with Gasteiger partial charge in [0.25, 0.3) is 0 Å². The van der Waals surface area contributed by atoms with Gasteiger partial charge in [0.15, 0.2) is 0 Å². The molecular weight excluding hydrogens is 158 g/mol. The van der Waals surface area contributed by atoms with Crippen LogP contribution in [-0.4, -0.2) is 26.0 Å². The summed E-state index contributed by atoms with van der Waals surface area (Å²) in [5.74, 6) is -1.33. The summed E-state index contributed by atoms with van der Waals surface area (Å²) in [6.45, 7) is 5.05. The van der Waals surface area contributed by atoms with Gasteiger partial charge in [-0.15, -0.1) is 0 Å². The molecule has 0 aromatic rings. The second-order valence-corrected chi connectivity index (χ2v) is 2.35. The summed E-state index contributed by atoms with van der Waals surface area (Å²) < 4.78 is 4.41. The van der Waals surface area contributed by atoms with Crippen LogP contribution in [-0.2, 0) is 14.3 Å². The Balaban J connectivity index is 4.29. The molecule has 4 nitrogen and oxygen atoms in total. The minimum Gasteiger partial charge on any atom is -0.466 e. The summed E-state index contributed by atoms with van der Waals surface area (Å²) in [7, 11) is 2.76. The lowest BCUT2D eigenvalue weighted by Crippen LogP contribution is -2.28. The van der Waals surface area contributed by atoms with Gasteiger partial charge >= 0.3 is 5.97 Å². The van der Waals surface area contributed by atoms with Crippen molar-refractivity contribution in [2.45, 2.75) is 6.92 Å². The van der Waals surface area contributed by atoms with Gasteiger partial charge in [0, 0.05) is 12.6 Å². The van der Waals surface area contributed by atoms with Crippen molar-refractivity contribution in [1.82, 2.24) is 5.32 Å². The fourth-order valence-electron chi connectivity index (χ4n) is 0.683. The van der Waals surface area contributed by atoms with E-state index in [0.717, 1.165) is 0 Å². The van der Waals surface area contributed by atoms with E-state index < -0.39 is 11.9 Å². The van der Waals surface area contributed by atoms with E-state index in [2.05, 4.69) is 16.6 Å². The average Bonchev–Trinajstić information content (AvgIpc) is 2.12. The van der Waals surface area contributed by atoms with Gasteiger partial charge in [-0.2, -0.15) is 0 Å². The third kappa shape index (κ3) is 2.38. The molecule has 68 valence electrons. The molecule has 0 fully saturated rings. The van der Waals surface area contributed by atoms with Crippen molar-refractivity contribution in [3.8, 4) is 0 Å². The quantitative estimate of drug-likeness (QED) is 0.484. The fraction of sp³-hybridized carbons (Fsp3) is 0.500. The maximum atomic E-state index is 11.0. The number of ether oxygens (including phenoxy) is 1. The monoisotopic (exact) mass is 171 g/mol.